The second kappa shape index (κ2) is 6.93. The van der Waals surface area contributed by atoms with Crippen LogP contribution in [-0.2, 0) is 0 Å². The predicted octanol–water partition coefficient (Wildman–Crippen LogP) is 2.63. The fourth-order valence-corrected chi connectivity index (χ4v) is 2.69. The van der Waals surface area contributed by atoms with Gasteiger partial charge >= 0.3 is 0 Å². The summed E-state index contributed by atoms with van der Waals surface area (Å²) < 4.78 is 0. The van der Waals surface area contributed by atoms with Crippen LogP contribution in [0, 0.1) is 11.3 Å². The highest BCUT2D eigenvalue weighted by atomic mass is 16.1. The van der Waals surface area contributed by atoms with Crippen molar-refractivity contribution in [2.75, 3.05) is 5.43 Å². The van der Waals surface area contributed by atoms with Gasteiger partial charge in [0.1, 0.15) is 11.6 Å². The highest BCUT2D eigenvalue weighted by Crippen LogP contribution is 2.19. The minimum absolute atomic E-state index is 0.0444. The first-order chi connectivity index (χ1) is 13.3. The van der Waals surface area contributed by atoms with Gasteiger partial charge in [0.15, 0.2) is 0 Å². The lowest BCUT2D eigenvalue weighted by Gasteiger charge is -2.06. The smallest absolute Gasteiger partial charge is 0.270 e. The molecule has 0 saturated heterocycles. The van der Waals surface area contributed by atoms with E-state index >= 15 is 0 Å². The van der Waals surface area contributed by atoms with Crippen molar-refractivity contribution in [3.63, 3.8) is 0 Å². The fraction of sp³-hybridized carbons (Fsp3) is 0. The van der Waals surface area contributed by atoms with E-state index in [0.717, 1.165) is 16.6 Å². The summed E-state index contributed by atoms with van der Waals surface area (Å²) >= 11 is 0. The van der Waals surface area contributed by atoms with Crippen LogP contribution in [0.4, 0.5) is 5.95 Å². The van der Waals surface area contributed by atoms with Gasteiger partial charge in [0.25, 0.3) is 5.56 Å². The number of H-pyrrole nitrogens is 2. The Kier molecular flexibility index (Phi) is 4.17. The molecular weight excluding hydrogens is 342 g/mol. The van der Waals surface area contributed by atoms with Gasteiger partial charge < -0.3 is 4.98 Å². The average molecular weight is 355 g/mol. The highest BCUT2D eigenvalue weighted by molar-refractivity contribution is 5.96. The van der Waals surface area contributed by atoms with E-state index in [4.69, 9.17) is 0 Å². The quantitative estimate of drug-likeness (QED) is 0.384. The number of hydrogen-bond donors (Lipinski definition) is 3. The van der Waals surface area contributed by atoms with E-state index in [0.29, 0.717) is 11.3 Å². The van der Waals surface area contributed by atoms with Gasteiger partial charge in [0.05, 0.1) is 29.3 Å². The molecule has 2 aromatic heterocycles. The number of rotatable bonds is 4. The van der Waals surface area contributed by atoms with Crippen LogP contribution in [0.3, 0.4) is 0 Å². The van der Waals surface area contributed by atoms with Crippen LogP contribution >= 0.6 is 0 Å². The van der Waals surface area contributed by atoms with E-state index in [2.05, 4.69) is 30.5 Å². The Bertz CT molecular complexity index is 1230. The standard InChI is InChI=1S/C19H13N7O/c20-9-14-16(12-5-2-1-3-6-12)24-19(25-18(14)27)26-23-10-13-7-4-8-15-17(13)22-11-21-15/h1-8,10-11H,(H,21,22)(H2,24,25,26,27). The van der Waals surface area contributed by atoms with Crippen LogP contribution < -0.4 is 11.0 Å². The fourth-order valence-electron chi connectivity index (χ4n) is 2.69. The summed E-state index contributed by atoms with van der Waals surface area (Å²) in [6, 6.07) is 16.6. The molecule has 0 aliphatic rings. The number of benzene rings is 2. The molecule has 2 heterocycles. The molecule has 0 atom stereocenters. The molecule has 0 radical (unpaired) electrons. The maximum absolute atomic E-state index is 12.2. The number of nitrogens with one attached hydrogen (secondary N) is 3. The van der Waals surface area contributed by atoms with Gasteiger partial charge in [-0.25, -0.2) is 15.4 Å². The number of para-hydroxylation sites is 1. The van der Waals surface area contributed by atoms with Crippen molar-refractivity contribution < 1.29 is 0 Å². The molecule has 8 nitrogen and oxygen atoms in total. The summed E-state index contributed by atoms with van der Waals surface area (Å²) in [4.78, 5) is 26.3. The first-order valence-corrected chi connectivity index (χ1v) is 8.07. The molecule has 0 spiro atoms. The molecule has 0 fully saturated rings. The predicted molar refractivity (Wildman–Crippen MR) is 102 cm³/mol. The van der Waals surface area contributed by atoms with E-state index in [9.17, 15) is 10.1 Å². The first kappa shape index (κ1) is 16.2. The third-order valence-corrected chi connectivity index (χ3v) is 3.93. The summed E-state index contributed by atoms with van der Waals surface area (Å²) in [6.07, 6.45) is 3.20. The largest absolute Gasteiger partial charge is 0.345 e. The number of fused-ring (bicyclic) bond motifs is 1. The molecule has 0 aliphatic carbocycles. The van der Waals surface area contributed by atoms with Gasteiger partial charge in [-0.3, -0.25) is 9.78 Å². The Balaban J connectivity index is 1.67. The lowest BCUT2D eigenvalue weighted by atomic mass is 10.1. The zero-order valence-electron chi connectivity index (χ0n) is 14.0. The lowest BCUT2D eigenvalue weighted by Crippen LogP contribution is -2.16. The SMILES string of the molecule is N#Cc1c(-c2ccccc2)nc(NN=Cc2cccc3[nH]cnc23)[nH]c1=O. The van der Waals surface area contributed by atoms with Gasteiger partial charge in [-0.05, 0) is 6.07 Å². The molecule has 4 aromatic rings. The van der Waals surface area contributed by atoms with E-state index in [1.165, 1.54) is 0 Å². The molecule has 8 heteroatoms. The lowest BCUT2D eigenvalue weighted by molar-refractivity contribution is 1.08. The number of aromatic amines is 2. The molecule has 130 valence electrons. The third-order valence-electron chi connectivity index (χ3n) is 3.93. The molecule has 0 amide bonds. The van der Waals surface area contributed by atoms with Crippen LogP contribution in [0.25, 0.3) is 22.3 Å². The van der Waals surface area contributed by atoms with Crippen LogP contribution in [0.5, 0.6) is 0 Å². The molecule has 0 saturated carbocycles. The van der Waals surface area contributed by atoms with Crippen molar-refractivity contribution in [1.29, 1.82) is 5.26 Å². The highest BCUT2D eigenvalue weighted by Gasteiger charge is 2.12. The van der Waals surface area contributed by atoms with Crippen molar-refractivity contribution in [1.82, 2.24) is 19.9 Å². The second-order valence-corrected chi connectivity index (χ2v) is 5.63. The Morgan fingerprint density at radius 1 is 1.15 bits per heavy atom. The minimum Gasteiger partial charge on any atom is -0.345 e. The van der Waals surface area contributed by atoms with Crippen LogP contribution in [0.2, 0.25) is 0 Å². The molecular formula is C19H13N7O. The molecule has 0 unspecified atom stereocenters. The van der Waals surface area contributed by atoms with E-state index in [1.54, 1.807) is 24.7 Å². The van der Waals surface area contributed by atoms with Crippen molar-refractivity contribution in [3.05, 3.63) is 76.3 Å². The summed E-state index contributed by atoms with van der Waals surface area (Å²) in [5.41, 5.74) is 5.60. The van der Waals surface area contributed by atoms with Gasteiger partial charge in [0, 0.05) is 11.1 Å². The second-order valence-electron chi connectivity index (χ2n) is 5.63. The molecule has 0 bridgehead atoms. The van der Waals surface area contributed by atoms with Gasteiger partial charge in [0.2, 0.25) is 5.95 Å². The molecule has 2 aromatic carbocycles. The van der Waals surface area contributed by atoms with Gasteiger partial charge in [-0.15, -0.1) is 0 Å². The van der Waals surface area contributed by atoms with Gasteiger partial charge in [-0.1, -0.05) is 42.5 Å². The summed E-state index contributed by atoms with van der Waals surface area (Å²) in [7, 11) is 0. The molecule has 27 heavy (non-hydrogen) atoms. The monoisotopic (exact) mass is 355 g/mol. The van der Waals surface area contributed by atoms with Crippen molar-refractivity contribution in [2.45, 2.75) is 0 Å². The van der Waals surface area contributed by atoms with Crippen LogP contribution in [0.1, 0.15) is 11.1 Å². The summed E-state index contributed by atoms with van der Waals surface area (Å²) in [5, 5.41) is 13.4. The third kappa shape index (κ3) is 3.17. The maximum Gasteiger partial charge on any atom is 0.270 e. The Hall–Kier alpha value is -4.25. The Labute approximate surface area is 153 Å². The van der Waals surface area contributed by atoms with E-state index < -0.39 is 5.56 Å². The zero-order chi connectivity index (χ0) is 18.6. The van der Waals surface area contributed by atoms with Crippen molar-refractivity contribution in [2.24, 2.45) is 5.10 Å². The first-order valence-electron chi connectivity index (χ1n) is 8.07. The summed E-state index contributed by atoms with van der Waals surface area (Å²) in [5.74, 6) is 0.142. The van der Waals surface area contributed by atoms with Crippen LogP contribution in [0.15, 0.2) is 64.8 Å². The van der Waals surface area contributed by atoms with Gasteiger partial charge in [-0.2, -0.15) is 10.4 Å². The zero-order valence-corrected chi connectivity index (χ0v) is 14.0. The molecule has 0 aliphatic heterocycles. The number of hydrogen-bond acceptors (Lipinski definition) is 6. The van der Waals surface area contributed by atoms with Crippen molar-refractivity contribution in [3.8, 4) is 17.3 Å². The summed E-state index contributed by atoms with van der Waals surface area (Å²) in [6.45, 7) is 0. The number of anilines is 1. The van der Waals surface area contributed by atoms with Crippen LogP contribution in [-0.4, -0.2) is 26.2 Å². The number of imidazole rings is 1. The number of aromatic nitrogens is 4. The van der Waals surface area contributed by atoms with Crippen molar-refractivity contribution >= 4 is 23.2 Å². The number of nitrogens with zero attached hydrogens (tertiary/aromatic N) is 4. The topological polar surface area (TPSA) is 123 Å². The average Bonchev–Trinajstić information content (AvgIpc) is 3.18. The number of hydrazone groups is 1. The Morgan fingerprint density at radius 2 is 2.00 bits per heavy atom. The minimum atomic E-state index is -0.529. The van der Waals surface area contributed by atoms with E-state index in [1.807, 2.05) is 42.5 Å². The molecule has 4 rings (SSSR count). The Morgan fingerprint density at radius 3 is 2.81 bits per heavy atom. The maximum atomic E-state index is 12.2. The molecule has 3 N–H and O–H groups in total. The number of nitriles is 1. The van der Waals surface area contributed by atoms with E-state index in [-0.39, 0.29) is 11.5 Å². The normalized spacial score (nSPS) is 10.9.